The summed E-state index contributed by atoms with van der Waals surface area (Å²) in [5.41, 5.74) is 1.85. The van der Waals surface area contributed by atoms with Gasteiger partial charge in [0, 0.05) is 18.6 Å². The highest BCUT2D eigenvalue weighted by molar-refractivity contribution is 5.34. The zero-order valence-electron chi connectivity index (χ0n) is 7.88. The van der Waals surface area contributed by atoms with Crippen LogP contribution in [-0.2, 0) is 6.61 Å². The van der Waals surface area contributed by atoms with Crippen molar-refractivity contribution in [2.75, 3.05) is 0 Å². The molecule has 0 saturated heterocycles. The third kappa shape index (κ3) is 1.52. The van der Waals surface area contributed by atoms with Gasteiger partial charge in [0.2, 0.25) is 0 Å². The van der Waals surface area contributed by atoms with E-state index in [1.807, 2.05) is 23.8 Å². The summed E-state index contributed by atoms with van der Waals surface area (Å²) in [5, 5.41) is 8.92. The molecule has 0 aromatic carbocycles. The number of aliphatic hydroxyl groups excluding tert-OH is 1. The molecular formula is C10H11N3O. The van der Waals surface area contributed by atoms with Crippen LogP contribution < -0.4 is 0 Å². The van der Waals surface area contributed by atoms with Crippen molar-refractivity contribution in [1.29, 1.82) is 0 Å². The predicted molar refractivity (Wildman–Crippen MR) is 52.0 cm³/mol. The lowest BCUT2D eigenvalue weighted by Crippen LogP contribution is -1.99. The van der Waals surface area contributed by atoms with Crippen LogP contribution in [-0.4, -0.2) is 19.6 Å². The summed E-state index contributed by atoms with van der Waals surface area (Å²) in [6.07, 6.45) is 6.92. The molecule has 0 bridgehead atoms. The lowest BCUT2D eigenvalue weighted by atomic mass is 10.2. The van der Waals surface area contributed by atoms with Gasteiger partial charge in [-0.3, -0.25) is 4.57 Å². The largest absolute Gasteiger partial charge is 0.392 e. The Morgan fingerprint density at radius 2 is 2.36 bits per heavy atom. The Kier molecular flexibility index (Phi) is 2.28. The lowest BCUT2D eigenvalue weighted by Gasteiger charge is -2.06. The molecular weight excluding hydrogens is 178 g/mol. The Morgan fingerprint density at radius 1 is 1.50 bits per heavy atom. The molecule has 0 atom stereocenters. The Labute approximate surface area is 81.9 Å². The van der Waals surface area contributed by atoms with Crippen molar-refractivity contribution in [3.05, 3.63) is 42.1 Å². The predicted octanol–water partition coefficient (Wildman–Crippen LogP) is 1.07. The van der Waals surface area contributed by atoms with Crippen LogP contribution in [0.2, 0.25) is 0 Å². The number of rotatable bonds is 2. The molecule has 1 N–H and O–H groups in total. The van der Waals surface area contributed by atoms with E-state index < -0.39 is 0 Å². The van der Waals surface area contributed by atoms with E-state index in [0.29, 0.717) is 0 Å². The number of hydrogen-bond acceptors (Lipinski definition) is 3. The van der Waals surface area contributed by atoms with Gasteiger partial charge in [0.05, 0.1) is 6.61 Å². The number of aliphatic hydroxyl groups is 1. The highest BCUT2D eigenvalue weighted by Crippen LogP contribution is 2.11. The summed E-state index contributed by atoms with van der Waals surface area (Å²) in [6.45, 7) is 1.99. The second kappa shape index (κ2) is 3.59. The molecule has 4 heteroatoms. The van der Waals surface area contributed by atoms with E-state index in [1.165, 1.54) is 0 Å². The van der Waals surface area contributed by atoms with E-state index in [-0.39, 0.29) is 6.61 Å². The van der Waals surface area contributed by atoms with Crippen LogP contribution in [0.3, 0.4) is 0 Å². The van der Waals surface area contributed by atoms with Gasteiger partial charge in [0.25, 0.3) is 0 Å². The van der Waals surface area contributed by atoms with Gasteiger partial charge in [-0.2, -0.15) is 0 Å². The van der Waals surface area contributed by atoms with Gasteiger partial charge in [-0.1, -0.05) is 0 Å². The van der Waals surface area contributed by atoms with Crippen molar-refractivity contribution in [3.8, 4) is 5.82 Å². The van der Waals surface area contributed by atoms with Gasteiger partial charge in [0.1, 0.15) is 12.1 Å². The number of imidazole rings is 1. The molecule has 72 valence electrons. The van der Waals surface area contributed by atoms with Crippen molar-refractivity contribution >= 4 is 0 Å². The summed E-state index contributed by atoms with van der Waals surface area (Å²) < 4.78 is 1.84. The molecule has 2 aromatic rings. The van der Waals surface area contributed by atoms with Crippen LogP contribution in [0.15, 0.2) is 31.0 Å². The van der Waals surface area contributed by atoms with Crippen LogP contribution >= 0.6 is 0 Å². The molecule has 2 heterocycles. The zero-order chi connectivity index (χ0) is 9.97. The molecule has 0 saturated carbocycles. The molecule has 0 radical (unpaired) electrons. The fourth-order valence-corrected chi connectivity index (χ4v) is 1.37. The Bertz CT molecular complexity index is 423. The molecule has 0 aliphatic rings. The minimum Gasteiger partial charge on any atom is -0.392 e. The van der Waals surface area contributed by atoms with E-state index in [2.05, 4.69) is 9.97 Å². The summed E-state index contributed by atoms with van der Waals surface area (Å²) in [7, 11) is 0. The molecule has 0 unspecified atom stereocenters. The number of pyridine rings is 1. The topological polar surface area (TPSA) is 50.9 Å². The maximum atomic E-state index is 8.92. The summed E-state index contributed by atoms with van der Waals surface area (Å²) in [6, 6.07) is 1.92. The first-order chi connectivity index (χ1) is 6.81. The highest BCUT2D eigenvalue weighted by Gasteiger charge is 2.02. The minimum absolute atomic E-state index is 0.0258. The zero-order valence-corrected chi connectivity index (χ0v) is 7.88. The van der Waals surface area contributed by atoms with Gasteiger partial charge in [-0.05, 0) is 24.1 Å². The second-order valence-electron chi connectivity index (χ2n) is 3.11. The monoisotopic (exact) mass is 189 g/mol. The van der Waals surface area contributed by atoms with Gasteiger partial charge in [-0.15, -0.1) is 0 Å². The quantitative estimate of drug-likeness (QED) is 0.768. The molecule has 2 aromatic heterocycles. The van der Waals surface area contributed by atoms with Crippen LogP contribution in [0, 0.1) is 6.92 Å². The normalized spacial score (nSPS) is 10.4. The molecule has 0 fully saturated rings. The van der Waals surface area contributed by atoms with Crippen molar-refractivity contribution in [2.24, 2.45) is 0 Å². The van der Waals surface area contributed by atoms with Gasteiger partial charge < -0.3 is 5.11 Å². The first-order valence-electron chi connectivity index (χ1n) is 4.36. The molecule has 0 aliphatic heterocycles. The lowest BCUT2D eigenvalue weighted by molar-refractivity contribution is 0.281. The van der Waals surface area contributed by atoms with Gasteiger partial charge in [0.15, 0.2) is 0 Å². The van der Waals surface area contributed by atoms with Crippen molar-refractivity contribution in [3.63, 3.8) is 0 Å². The Morgan fingerprint density at radius 3 is 2.93 bits per heavy atom. The first kappa shape index (κ1) is 8.90. The molecule has 2 rings (SSSR count). The van der Waals surface area contributed by atoms with Crippen molar-refractivity contribution in [1.82, 2.24) is 14.5 Å². The fourth-order valence-electron chi connectivity index (χ4n) is 1.37. The number of nitrogens with zero attached hydrogens (tertiary/aromatic N) is 3. The SMILES string of the molecule is Cc1cc(CO)cnc1-n1ccnc1. The summed E-state index contributed by atoms with van der Waals surface area (Å²) in [5.74, 6) is 0.847. The third-order valence-electron chi connectivity index (χ3n) is 2.04. The first-order valence-corrected chi connectivity index (χ1v) is 4.36. The number of aromatic nitrogens is 3. The van der Waals surface area contributed by atoms with Crippen molar-refractivity contribution in [2.45, 2.75) is 13.5 Å². The molecule has 0 spiro atoms. The maximum absolute atomic E-state index is 8.92. The minimum atomic E-state index is 0.0258. The Hall–Kier alpha value is -1.68. The van der Waals surface area contributed by atoms with Gasteiger partial charge in [-0.25, -0.2) is 9.97 Å². The van der Waals surface area contributed by atoms with Crippen LogP contribution in [0.5, 0.6) is 0 Å². The molecule has 4 nitrogen and oxygen atoms in total. The van der Waals surface area contributed by atoms with Crippen molar-refractivity contribution < 1.29 is 5.11 Å². The smallest absolute Gasteiger partial charge is 0.140 e. The maximum Gasteiger partial charge on any atom is 0.140 e. The standard InChI is InChI=1S/C10H11N3O/c1-8-4-9(6-14)5-12-10(8)13-3-2-11-7-13/h2-5,7,14H,6H2,1H3. The molecule has 0 aliphatic carbocycles. The van der Waals surface area contributed by atoms with Crippen LogP contribution in [0.25, 0.3) is 5.82 Å². The Balaban J connectivity index is 2.46. The average molecular weight is 189 g/mol. The number of aryl methyl sites for hydroxylation is 1. The van der Waals surface area contributed by atoms with E-state index in [1.54, 1.807) is 18.7 Å². The molecule has 0 amide bonds. The summed E-state index contributed by atoms with van der Waals surface area (Å²) in [4.78, 5) is 8.21. The van der Waals surface area contributed by atoms with Crippen LogP contribution in [0.4, 0.5) is 0 Å². The van der Waals surface area contributed by atoms with Crippen LogP contribution in [0.1, 0.15) is 11.1 Å². The second-order valence-corrected chi connectivity index (χ2v) is 3.11. The summed E-state index contributed by atoms with van der Waals surface area (Å²) >= 11 is 0. The third-order valence-corrected chi connectivity index (χ3v) is 2.04. The van der Waals surface area contributed by atoms with Gasteiger partial charge >= 0.3 is 0 Å². The molecule has 14 heavy (non-hydrogen) atoms. The average Bonchev–Trinajstić information content (AvgIpc) is 2.70. The van der Waals surface area contributed by atoms with E-state index in [0.717, 1.165) is 16.9 Å². The number of hydrogen-bond donors (Lipinski definition) is 1. The fraction of sp³-hybridized carbons (Fsp3) is 0.200. The van der Waals surface area contributed by atoms with E-state index >= 15 is 0 Å². The van der Waals surface area contributed by atoms with E-state index in [4.69, 9.17) is 5.11 Å². The highest BCUT2D eigenvalue weighted by atomic mass is 16.3. The van der Waals surface area contributed by atoms with E-state index in [9.17, 15) is 0 Å².